The maximum absolute atomic E-state index is 12.7. The lowest BCUT2D eigenvalue weighted by atomic mass is 10.2. The van der Waals surface area contributed by atoms with Gasteiger partial charge in [0.15, 0.2) is 0 Å². The highest BCUT2D eigenvalue weighted by molar-refractivity contribution is 7.92. The maximum atomic E-state index is 12.7. The lowest BCUT2D eigenvalue weighted by Gasteiger charge is -2.13. The van der Waals surface area contributed by atoms with Crippen LogP contribution in [0.1, 0.15) is 10.4 Å². The molecule has 0 radical (unpaired) electrons. The fourth-order valence-corrected chi connectivity index (χ4v) is 3.44. The van der Waals surface area contributed by atoms with Gasteiger partial charge in [-0.2, -0.15) is 17.9 Å². The normalized spacial score (nSPS) is 11.8. The molecule has 29 heavy (non-hydrogen) atoms. The molecule has 0 atom stereocenters. The molecule has 0 aliphatic heterocycles. The predicted molar refractivity (Wildman–Crippen MR) is 94.8 cm³/mol. The summed E-state index contributed by atoms with van der Waals surface area (Å²) in [5.74, 6) is -1.05. The first-order valence-corrected chi connectivity index (χ1v) is 9.44. The van der Waals surface area contributed by atoms with Gasteiger partial charge in [0.05, 0.1) is 16.3 Å². The van der Waals surface area contributed by atoms with Crippen LogP contribution in [-0.2, 0) is 10.0 Å². The first-order chi connectivity index (χ1) is 13.7. The zero-order valence-electron chi connectivity index (χ0n) is 14.5. The average molecular weight is 426 g/mol. The number of aromatic nitrogens is 4. The van der Waals surface area contributed by atoms with Crippen LogP contribution < -0.4 is 10.0 Å². The standard InChI is InChI=1S/C16H13F3N6O3S/c17-16(18,19)9-20-15(26)11-4-3-5-12(8-11)29(27,28)22-13-6-1-2-7-14(13)25-10-21-23-24-25/h1-8,10,22H,9H2,(H,20,26). The number of alkyl halides is 3. The van der Waals surface area contributed by atoms with Crippen LogP contribution >= 0.6 is 0 Å². The monoisotopic (exact) mass is 426 g/mol. The van der Waals surface area contributed by atoms with E-state index in [1.165, 1.54) is 35.3 Å². The molecule has 1 amide bonds. The Morgan fingerprint density at radius 1 is 1.10 bits per heavy atom. The Hall–Kier alpha value is -3.48. The number of carbonyl (C=O) groups is 1. The van der Waals surface area contributed by atoms with Crippen molar-refractivity contribution in [2.24, 2.45) is 0 Å². The Balaban J connectivity index is 1.85. The molecule has 152 valence electrons. The molecule has 0 aliphatic carbocycles. The lowest BCUT2D eigenvalue weighted by Crippen LogP contribution is -2.33. The molecule has 0 aliphatic rings. The second-order valence-corrected chi connectivity index (χ2v) is 7.39. The minimum atomic E-state index is -4.58. The molecule has 2 aromatic carbocycles. The van der Waals surface area contributed by atoms with E-state index in [1.54, 1.807) is 23.5 Å². The van der Waals surface area contributed by atoms with Crippen molar-refractivity contribution >= 4 is 21.6 Å². The first kappa shape index (κ1) is 20.3. The molecule has 1 aromatic heterocycles. The molecular weight excluding hydrogens is 413 g/mol. The van der Waals surface area contributed by atoms with E-state index in [0.717, 1.165) is 6.07 Å². The van der Waals surface area contributed by atoms with Crippen molar-refractivity contribution in [2.75, 3.05) is 11.3 Å². The van der Waals surface area contributed by atoms with Crippen molar-refractivity contribution in [3.8, 4) is 5.69 Å². The zero-order chi connectivity index (χ0) is 21.1. The van der Waals surface area contributed by atoms with Crippen LogP contribution in [0.25, 0.3) is 5.69 Å². The molecule has 0 saturated carbocycles. The van der Waals surface area contributed by atoms with Gasteiger partial charge in [-0.1, -0.05) is 18.2 Å². The number of hydrogen-bond acceptors (Lipinski definition) is 6. The van der Waals surface area contributed by atoms with E-state index in [1.807, 2.05) is 0 Å². The van der Waals surface area contributed by atoms with Gasteiger partial charge in [-0.15, -0.1) is 5.10 Å². The summed E-state index contributed by atoms with van der Waals surface area (Å²) < 4.78 is 65.9. The quantitative estimate of drug-likeness (QED) is 0.620. The molecule has 1 heterocycles. The summed E-state index contributed by atoms with van der Waals surface area (Å²) >= 11 is 0. The van der Waals surface area contributed by atoms with Gasteiger partial charge in [-0.3, -0.25) is 9.52 Å². The van der Waals surface area contributed by atoms with Crippen LogP contribution in [0.3, 0.4) is 0 Å². The van der Waals surface area contributed by atoms with E-state index >= 15 is 0 Å². The Bertz CT molecular complexity index is 1120. The van der Waals surface area contributed by atoms with Crippen molar-refractivity contribution in [3.05, 3.63) is 60.4 Å². The molecule has 0 bridgehead atoms. The summed E-state index contributed by atoms with van der Waals surface area (Å²) in [7, 11) is -4.16. The van der Waals surface area contributed by atoms with E-state index in [-0.39, 0.29) is 16.1 Å². The van der Waals surface area contributed by atoms with Crippen molar-refractivity contribution in [2.45, 2.75) is 11.1 Å². The number of amides is 1. The van der Waals surface area contributed by atoms with Gasteiger partial charge in [0, 0.05) is 5.56 Å². The van der Waals surface area contributed by atoms with Crippen molar-refractivity contribution in [1.29, 1.82) is 0 Å². The molecule has 0 fully saturated rings. The van der Waals surface area contributed by atoms with Crippen LogP contribution in [0.15, 0.2) is 59.8 Å². The summed E-state index contributed by atoms with van der Waals surface area (Å²) in [5, 5.41) is 12.4. The minimum absolute atomic E-state index is 0.159. The van der Waals surface area contributed by atoms with Crippen molar-refractivity contribution in [1.82, 2.24) is 25.5 Å². The average Bonchev–Trinajstić information content (AvgIpc) is 3.20. The zero-order valence-corrected chi connectivity index (χ0v) is 15.3. The molecular formula is C16H13F3N6O3S. The molecule has 3 rings (SSSR count). The third-order valence-electron chi connectivity index (χ3n) is 3.60. The van der Waals surface area contributed by atoms with Gasteiger partial charge in [0.2, 0.25) is 0 Å². The highest BCUT2D eigenvalue weighted by Gasteiger charge is 2.28. The van der Waals surface area contributed by atoms with Gasteiger partial charge in [-0.05, 0) is 40.8 Å². The third kappa shape index (κ3) is 5.07. The number of nitrogens with zero attached hydrogens (tertiary/aromatic N) is 4. The highest BCUT2D eigenvalue weighted by atomic mass is 32.2. The first-order valence-electron chi connectivity index (χ1n) is 7.96. The number of hydrogen-bond donors (Lipinski definition) is 2. The van der Waals surface area contributed by atoms with Gasteiger partial charge >= 0.3 is 6.18 Å². The second kappa shape index (κ2) is 7.87. The Morgan fingerprint density at radius 3 is 2.55 bits per heavy atom. The Labute approximate surface area is 162 Å². The number of rotatable bonds is 6. The van der Waals surface area contributed by atoms with E-state index in [9.17, 15) is 26.4 Å². The fraction of sp³-hybridized carbons (Fsp3) is 0.125. The summed E-state index contributed by atoms with van der Waals surface area (Å²) in [6.45, 7) is -1.53. The summed E-state index contributed by atoms with van der Waals surface area (Å²) in [5.41, 5.74) is 0.276. The fourth-order valence-electron chi connectivity index (χ4n) is 2.32. The van der Waals surface area contributed by atoms with Crippen LogP contribution in [0.5, 0.6) is 0 Å². The number of tetrazole rings is 1. The molecule has 0 spiro atoms. The molecule has 0 saturated heterocycles. The Kier molecular flexibility index (Phi) is 5.50. The van der Waals surface area contributed by atoms with Crippen molar-refractivity contribution in [3.63, 3.8) is 0 Å². The summed E-state index contributed by atoms with van der Waals surface area (Å²) in [4.78, 5) is 11.6. The molecule has 2 N–H and O–H groups in total. The third-order valence-corrected chi connectivity index (χ3v) is 4.96. The van der Waals surface area contributed by atoms with Crippen LogP contribution in [0.2, 0.25) is 0 Å². The van der Waals surface area contributed by atoms with E-state index in [0.29, 0.717) is 5.69 Å². The second-order valence-electron chi connectivity index (χ2n) is 5.70. The highest BCUT2D eigenvalue weighted by Crippen LogP contribution is 2.23. The summed E-state index contributed by atoms with van der Waals surface area (Å²) in [6.07, 6.45) is -3.31. The van der Waals surface area contributed by atoms with Crippen LogP contribution in [0, 0.1) is 0 Å². The number of anilines is 1. The van der Waals surface area contributed by atoms with Crippen LogP contribution in [0.4, 0.5) is 18.9 Å². The van der Waals surface area contributed by atoms with Gasteiger partial charge in [0.1, 0.15) is 12.9 Å². The van der Waals surface area contributed by atoms with E-state index in [2.05, 4.69) is 20.2 Å². The van der Waals surface area contributed by atoms with E-state index < -0.39 is 28.7 Å². The largest absolute Gasteiger partial charge is 0.405 e. The van der Waals surface area contributed by atoms with Gasteiger partial charge in [0.25, 0.3) is 15.9 Å². The van der Waals surface area contributed by atoms with E-state index in [4.69, 9.17) is 0 Å². The molecule has 3 aromatic rings. The minimum Gasteiger partial charge on any atom is -0.343 e. The Morgan fingerprint density at radius 2 is 1.86 bits per heavy atom. The van der Waals surface area contributed by atoms with Gasteiger partial charge in [-0.25, -0.2) is 8.42 Å². The lowest BCUT2D eigenvalue weighted by molar-refractivity contribution is -0.123. The van der Waals surface area contributed by atoms with Gasteiger partial charge < -0.3 is 5.32 Å². The smallest absolute Gasteiger partial charge is 0.343 e. The molecule has 9 nitrogen and oxygen atoms in total. The summed E-state index contributed by atoms with van der Waals surface area (Å²) in [6, 6.07) is 11.0. The number of para-hydroxylation sites is 2. The van der Waals surface area contributed by atoms with Crippen molar-refractivity contribution < 1.29 is 26.4 Å². The maximum Gasteiger partial charge on any atom is 0.405 e. The number of carbonyl (C=O) groups excluding carboxylic acids is 1. The number of sulfonamides is 1. The molecule has 13 heteroatoms. The SMILES string of the molecule is O=C(NCC(F)(F)F)c1cccc(S(=O)(=O)Nc2ccccc2-n2cnnn2)c1. The number of benzene rings is 2. The number of nitrogens with one attached hydrogen (secondary N) is 2. The molecule has 0 unspecified atom stereocenters. The number of halogens is 3. The predicted octanol–water partition coefficient (Wildman–Crippen LogP) is 1.76. The topological polar surface area (TPSA) is 119 Å². The van der Waals surface area contributed by atoms with Crippen LogP contribution in [-0.4, -0.2) is 47.3 Å².